The van der Waals surface area contributed by atoms with Gasteiger partial charge in [-0.15, -0.1) is 0 Å². The predicted octanol–water partition coefficient (Wildman–Crippen LogP) is 2.18. The molecule has 1 N–H and O–H groups in total. The molecule has 3 unspecified atom stereocenters. The first-order valence-electron chi connectivity index (χ1n) is 5.88. The largest absolute Gasteiger partial charge is 0.317 e. The molecule has 0 spiro atoms. The van der Waals surface area contributed by atoms with Crippen LogP contribution in [0.15, 0.2) is 0 Å². The van der Waals surface area contributed by atoms with Crippen LogP contribution in [-0.2, 0) is 0 Å². The molecule has 0 aromatic heterocycles. The van der Waals surface area contributed by atoms with Crippen LogP contribution in [0.25, 0.3) is 0 Å². The van der Waals surface area contributed by atoms with Gasteiger partial charge in [0.15, 0.2) is 0 Å². The van der Waals surface area contributed by atoms with E-state index in [0.29, 0.717) is 0 Å². The van der Waals surface area contributed by atoms with Crippen molar-refractivity contribution >= 4 is 7.28 Å². The quantitative estimate of drug-likeness (QED) is 0.560. The standard InChI is InChI=1S/C11H21BN/c1-9-6-10-2-4-13-5-3-12-8-11(9)7-10/h9-11,13H,2-8H2,1H3. The first kappa shape index (κ1) is 9.58. The highest BCUT2D eigenvalue weighted by Crippen LogP contribution is 2.40. The summed E-state index contributed by atoms with van der Waals surface area (Å²) >= 11 is 0. The summed E-state index contributed by atoms with van der Waals surface area (Å²) in [6, 6.07) is 0. The normalized spacial score (nSPS) is 41.2. The predicted molar refractivity (Wildman–Crippen MR) is 58.2 cm³/mol. The Labute approximate surface area is 82.9 Å². The number of hydrogen-bond donors (Lipinski definition) is 1. The van der Waals surface area contributed by atoms with Crippen molar-refractivity contribution in [3.05, 3.63) is 0 Å². The summed E-state index contributed by atoms with van der Waals surface area (Å²) in [6.45, 7) is 4.90. The molecule has 1 saturated heterocycles. The van der Waals surface area contributed by atoms with E-state index in [2.05, 4.69) is 19.5 Å². The maximum absolute atomic E-state index is 3.52. The Hall–Kier alpha value is 0.0249. The van der Waals surface area contributed by atoms with Crippen molar-refractivity contribution in [3.8, 4) is 0 Å². The van der Waals surface area contributed by atoms with Crippen molar-refractivity contribution in [2.45, 2.75) is 38.8 Å². The molecule has 0 aromatic carbocycles. The number of fused-ring (bicyclic) bond motifs is 2. The van der Waals surface area contributed by atoms with Crippen molar-refractivity contribution in [3.63, 3.8) is 0 Å². The van der Waals surface area contributed by atoms with Crippen LogP contribution < -0.4 is 5.32 Å². The molecule has 1 heterocycles. The fraction of sp³-hybridized carbons (Fsp3) is 1.00. The molecule has 2 bridgehead atoms. The fourth-order valence-corrected chi connectivity index (χ4v) is 3.01. The molecule has 2 aliphatic rings. The summed E-state index contributed by atoms with van der Waals surface area (Å²) in [4.78, 5) is 0. The molecule has 2 rings (SSSR count). The van der Waals surface area contributed by atoms with Crippen molar-refractivity contribution in [2.75, 3.05) is 13.1 Å². The van der Waals surface area contributed by atoms with Crippen molar-refractivity contribution in [1.82, 2.24) is 5.32 Å². The molecule has 1 aliphatic heterocycles. The third-order valence-electron chi connectivity index (χ3n) is 3.87. The molecule has 0 amide bonds. The molecule has 3 atom stereocenters. The van der Waals surface area contributed by atoms with Gasteiger partial charge in [0.25, 0.3) is 0 Å². The van der Waals surface area contributed by atoms with Crippen molar-refractivity contribution in [1.29, 1.82) is 0 Å². The van der Waals surface area contributed by atoms with Crippen molar-refractivity contribution in [2.24, 2.45) is 17.8 Å². The number of hydrogen-bond acceptors (Lipinski definition) is 1. The van der Waals surface area contributed by atoms with E-state index in [1.807, 2.05) is 0 Å². The Balaban J connectivity index is 1.89. The van der Waals surface area contributed by atoms with Gasteiger partial charge in [0.05, 0.1) is 0 Å². The maximum atomic E-state index is 3.52. The second-order valence-electron chi connectivity index (χ2n) is 4.93. The first-order chi connectivity index (χ1) is 6.36. The van der Waals surface area contributed by atoms with Crippen LogP contribution in [0.5, 0.6) is 0 Å². The smallest absolute Gasteiger partial charge is 0.111 e. The minimum absolute atomic E-state index is 0.986. The highest BCUT2D eigenvalue weighted by molar-refractivity contribution is 6.35. The van der Waals surface area contributed by atoms with Gasteiger partial charge in [-0.2, -0.15) is 0 Å². The molecule has 1 radical (unpaired) electrons. The summed E-state index contributed by atoms with van der Waals surface area (Å²) in [5.41, 5.74) is 0. The summed E-state index contributed by atoms with van der Waals surface area (Å²) in [5.74, 6) is 3.03. The zero-order chi connectivity index (χ0) is 9.10. The number of rotatable bonds is 0. The highest BCUT2D eigenvalue weighted by Gasteiger charge is 2.30. The molecule has 13 heavy (non-hydrogen) atoms. The molecule has 73 valence electrons. The molecular formula is C11H21BN. The van der Waals surface area contributed by atoms with Gasteiger partial charge in [-0.25, -0.2) is 0 Å². The Morgan fingerprint density at radius 1 is 1.23 bits per heavy atom. The average Bonchev–Trinajstić information content (AvgIpc) is 2.45. The lowest BCUT2D eigenvalue weighted by Gasteiger charge is -2.15. The zero-order valence-electron chi connectivity index (χ0n) is 8.76. The summed E-state index contributed by atoms with van der Waals surface area (Å²) in [7, 11) is 2.50. The van der Waals surface area contributed by atoms with Crippen LogP contribution in [-0.4, -0.2) is 20.4 Å². The summed E-state index contributed by atoms with van der Waals surface area (Å²) in [6.07, 6.45) is 7.05. The van der Waals surface area contributed by atoms with E-state index in [0.717, 1.165) is 17.8 Å². The van der Waals surface area contributed by atoms with E-state index in [1.165, 1.54) is 45.0 Å². The Bertz CT molecular complexity index is 160. The second-order valence-corrected chi connectivity index (χ2v) is 4.93. The van der Waals surface area contributed by atoms with Gasteiger partial charge in [0.2, 0.25) is 0 Å². The van der Waals surface area contributed by atoms with Crippen LogP contribution >= 0.6 is 0 Å². The first-order valence-corrected chi connectivity index (χ1v) is 5.88. The third-order valence-corrected chi connectivity index (χ3v) is 3.87. The SMILES string of the molecule is CC1CC2CCNCC[B]CC1C2. The molecule has 1 nitrogen and oxygen atoms in total. The van der Waals surface area contributed by atoms with Gasteiger partial charge >= 0.3 is 0 Å². The second kappa shape index (κ2) is 4.50. The number of nitrogens with one attached hydrogen (secondary N) is 1. The van der Waals surface area contributed by atoms with Crippen LogP contribution in [0.3, 0.4) is 0 Å². The van der Waals surface area contributed by atoms with Crippen LogP contribution in [0, 0.1) is 17.8 Å². The lowest BCUT2D eigenvalue weighted by molar-refractivity contribution is 0.453. The third kappa shape index (κ3) is 2.49. The maximum Gasteiger partial charge on any atom is 0.111 e. The van der Waals surface area contributed by atoms with E-state index in [1.54, 1.807) is 0 Å². The van der Waals surface area contributed by atoms with E-state index in [4.69, 9.17) is 0 Å². The Morgan fingerprint density at radius 2 is 2.15 bits per heavy atom. The molecule has 2 heteroatoms. The van der Waals surface area contributed by atoms with Crippen LogP contribution in [0.4, 0.5) is 0 Å². The van der Waals surface area contributed by atoms with Gasteiger partial charge < -0.3 is 5.32 Å². The minimum atomic E-state index is 0.986. The van der Waals surface area contributed by atoms with E-state index in [9.17, 15) is 0 Å². The minimum Gasteiger partial charge on any atom is -0.317 e. The summed E-state index contributed by atoms with van der Waals surface area (Å²) in [5, 5.41) is 3.52. The fourth-order valence-electron chi connectivity index (χ4n) is 3.01. The highest BCUT2D eigenvalue weighted by atomic mass is 14.8. The van der Waals surface area contributed by atoms with Gasteiger partial charge in [0, 0.05) is 0 Å². The van der Waals surface area contributed by atoms with Gasteiger partial charge in [-0.3, -0.25) is 0 Å². The molecular weight excluding hydrogens is 157 g/mol. The van der Waals surface area contributed by atoms with E-state index < -0.39 is 0 Å². The van der Waals surface area contributed by atoms with Crippen LogP contribution in [0.1, 0.15) is 26.2 Å². The molecule has 1 aliphatic carbocycles. The molecule has 2 fully saturated rings. The van der Waals surface area contributed by atoms with Gasteiger partial charge in [-0.05, 0) is 50.1 Å². The summed E-state index contributed by atoms with van der Waals surface area (Å²) < 4.78 is 0. The van der Waals surface area contributed by atoms with Crippen LogP contribution in [0.2, 0.25) is 12.6 Å². The molecule has 1 saturated carbocycles. The topological polar surface area (TPSA) is 12.0 Å². The Kier molecular flexibility index (Phi) is 3.31. The lowest BCUT2D eigenvalue weighted by atomic mass is 9.65. The zero-order valence-corrected chi connectivity index (χ0v) is 8.76. The Morgan fingerprint density at radius 3 is 3.08 bits per heavy atom. The average molecular weight is 178 g/mol. The van der Waals surface area contributed by atoms with E-state index in [-0.39, 0.29) is 0 Å². The van der Waals surface area contributed by atoms with Gasteiger partial charge in [0.1, 0.15) is 7.28 Å². The lowest BCUT2D eigenvalue weighted by Crippen LogP contribution is -2.21. The van der Waals surface area contributed by atoms with Crippen molar-refractivity contribution < 1.29 is 0 Å². The molecule has 0 aromatic rings. The van der Waals surface area contributed by atoms with E-state index >= 15 is 0 Å². The monoisotopic (exact) mass is 178 g/mol. The van der Waals surface area contributed by atoms with Gasteiger partial charge in [-0.1, -0.05) is 19.6 Å².